The first kappa shape index (κ1) is 36.5. The molecule has 0 saturated carbocycles. The van der Waals surface area contributed by atoms with E-state index in [1.165, 1.54) is 0 Å². The molecule has 182 valence electrons. The van der Waals surface area contributed by atoms with Crippen molar-refractivity contribution >= 4 is 35.8 Å². The zero-order chi connectivity index (χ0) is 26.7. The Bertz CT molecular complexity index is 664. The van der Waals surface area contributed by atoms with Crippen LogP contribution in [0.4, 0.5) is 0 Å². The predicted octanol–water partition coefficient (Wildman–Crippen LogP) is -8.32. The van der Waals surface area contributed by atoms with Crippen molar-refractivity contribution in [3.8, 4) is 0 Å². The molecule has 32 heavy (non-hydrogen) atoms. The fourth-order valence-corrected chi connectivity index (χ4v) is 1.38. The van der Waals surface area contributed by atoms with Gasteiger partial charge in [-0.1, -0.05) is 0 Å². The van der Waals surface area contributed by atoms with E-state index in [-0.39, 0.29) is 0 Å². The predicted molar refractivity (Wildman–Crippen MR) is 66.4 cm³/mol. The summed E-state index contributed by atoms with van der Waals surface area (Å²) >= 11 is -3.62. The normalized spacial score (nSPS) is 9.31. The number of rotatable bonds is 10. The molecule has 0 aromatic carbocycles. The number of hydrogen-bond donors (Lipinski definition) is 4. The topological polar surface area (TPSA) is 344 Å². The van der Waals surface area contributed by atoms with Gasteiger partial charge in [0.1, 0.15) is 0 Å². The summed E-state index contributed by atoms with van der Waals surface area (Å²) in [4.78, 5) is 60.3. The molecule has 0 saturated heterocycles. The number of carboxylic acids is 6. The van der Waals surface area contributed by atoms with Crippen LogP contribution >= 0.6 is 0 Å². The Morgan fingerprint density at radius 1 is 0.531 bits per heavy atom. The fraction of sp³-hybridized carbons (Fsp3) is 0.500. The van der Waals surface area contributed by atoms with Crippen molar-refractivity contribution in [1.82, 2.24) is 0 Å². The minimum absolute atomic E-state index is 1.30. The van der Waals surface area contributed by atoms with E-state index in [9.17, 15) is 49.2 Å². The maximum absolute atomic E-state index is 10.3. The summed E-state index contributed by atoms with van der Waals surface area (Å²) in [7, 11) is 0. The van der Waals surface area contributed by atoms with E-state index in [0.717, 1.165) is 0 Å². The molecule has 0 aliphatic rings. The SMILES string of the molecule is O=C([O-])CC(O)(CC(=O)[O-])C(=O)O.O=C([O-])CC(O)(CC(=O)[O-])C(=O)O.[O]=[V]=[O].[O]=[V]=[O]. The summed E-state index contributed by atoms with van der Waals surface area (Å²) in [5.41, 5.74) is -5.73. The van der Waals surface area contributed by atoms with Crippen molar-refractivity contribution in [1.29, 1.82) is 0 Å². The summed E-state index contributed by atoms with van der Waals surface area (Å²) in [6, 6.07) is 0. The van der Waals surface area contributed by atoms with Crippen LogP contribution in [-0.2, 0) is 75.8 Å². The van der Waals surface area contributed by atoms with Crippen LogP contribution in [0.25, 0.3) is 0 Å². The van der Waals surface area contributed by atoms with Crippen LogP contribution in [0.5, 0.6) is 0 Å². The molecule has 0 aliphatic carbocycles. The molecular weight excluding hydrogens is 534 g/mol. The Hall–Kier alpha value is -2.89. The Kier molecular flexibility index (Phi) is 21.5. The molecule has 0 fully saturated rings. The first-order chi connectivity index (χ1) is 14.4. The van der Waals surface area contributed by atoms with Gasteiger partial charge in [0, 0.05) is 49.6 Å². The molecule has 18 nitrogen and oxygen atoms in total. The summed E-state index contributed by atoms with van der Waals surface area (Å²) < 4.78 is 33.9. The average Bonchev–Trinajstić information content (AvgIpc) is 2.53. The van der Waals surface area contributed by atoms with Crippen LogP contribution in [-0.4, -0.2) is 67.4 Å². The molecule has 0 aromatic rings. The van der Waals surface area contributed by atoms with E-state index >= 15 is 0 Å². The van der Waals surface area contributed by atoms with Gasteiger partial charge in [-0.25, -0.2) is 9.59 Å². The van der Waals surface area contributed by atoms with Crippen molar-refractivity contribution in [3.05, 3.63) is 0 Å². The Balaban J connectivity index is -0.000000196. The number of carboxylic acid groups (broad SMARTS) is 6. The van der Waals surface area contributed by atoms with Gasteiger partial charge in [0.15, 0.2) is 11.2 Å². The number of hydrogen-bond acceptors (Lipinski definition) is 16. The van der Waals surface area contributed by atoms with E-state index in [4.69, 9.17) is 35.1 Å². The molecule has 0 aromatic heterocycles. The van der Waals surface area contributed by atoms with Gasteiger partial charge >= 0.3 is 59.0 Å². The van der Waals surface area contributed by atoms with Gasteiger partial charge in [-0.3, -0.25) is 0 Å². The van der Waals surface area contributed by atoms with Crippen molar-refractivity contribution < 1.29 is 117 Å². The molecule has 0 bridgehead atoms. The molecule has 0 radical (unpaired) electrons. The Morgan fingerprint density at radius 2 is 0.656 bits per heavy atom. The van der Waals surface area contributed by atoms with Gasteiger partial charge in [0.25, 0.3) is 0 Å². The van der Waals surface area contributed by atoms with E-state index in [2.05, 4.69) is 0 Å². The number of carbonyl (C=O) groups is 6. The first-order valence-corrected chi connectivity index (χ1v) is 9.28. The summed E-state index contributed by atoms with van der Waals surface area (Å²) in [6.07, 6.45) is -5.18. The van der Waals surface area contributed by atoms with Crippen LogP contribution in [0.3, 0.4) is 0 Å². The van der Waals surface area contributed by atoms with E-state index in [0.29, 0.717) is 0 Å². The van der Waals surface area contributed by atoms with Gasteiger partial charge < -0.3 is 60.0 Å². The summed E-state index contributed by atoms with van der Waals surface area (Å²) in [5, 5.41) is 74.4. The zero-order valence-corrected chi connectivity index (χ0v) is 18.0. The second kappa shape index (κ2) is 18.8. The minimum atomic E-state index is -2.86. The van der Waals surface area contributed by atoms with Crippen LogP contribution in [0, 0.1) is 0 Å². The number of aliphatic carboxylic acids is 6. The van der Waals surface area contributed by atoms with Crippen molar-refractivity contribution in [3.63, 3.8) is 0 Å². The molecule has 4 N–H and O–H groups in total. The Labute approximate surface area is 189 Å². The van der Waals surface area contributed by atoms with Gasteiger partial charge in [0.05, 0.1) is 0 Å². The van der Waals surface area contributed by atoms with Gasteiger partial charge in [-0.05, 0) is 0 Å². The van der Waals surface area contributed by atoms with E-state index < -0.39 is 105 Å². The molecule has 0 heterocycles. The molecule has 0 spiro atoms. The number of carbonyl (C=O) groups excluding carboxylic acids is 4. The van der Waals surface area contributed by atoms with Crippen LogP contribution in [0.15, 0.2) is 0 Å². The quantitative estimate of drug-likeness (QED) is 0.197. The maximum atomic E-state index is 10.3. The van der Waals surface area contributed by atoms with E-state index in [1.54, 1.807) is 0 Å². The second-order valence-corrected chi connectivity index (χ2v) is 5.48. The third-order valence-electron chi connectivity index (χ3n) is 2.54. The molecule has 20 heteroatoms. The fourth-order valence-electron chi connectivity index (χ4n) is 1.38. The van der Waals surface area contributed by atoms with Crippen molar-refractivity contribution in [2.75, 3.05) is 0 Å². The molecule has 0 atom stereocenters. The third kappa shape index (κ3) is 21.8. The first-order valence-electron chi connectivity index (χ1n) is 6.99. The van der Waals surface area contributed by atoms with Crippen LogP contribution < -0.4 is 20.4 Å². The molecule has 0 aliphatic heterocycles. The zero-order valence-electron chi connectivity index (χ0n) is 15.2. The standard InChI is InChI=1S/2C6H8O7.4O.2V/c2*7-3(8)1-6(13,5(11)12)2-4(9)10;;;;;;/h2*13H,1-2H2,(H,7,8)(H,9,10)(H,11,12);;;;;;/p-4. The van der Waals surface area contributed by atoms with Gasteiger partial charge in [-0.2, -0.15) is 0 Å². The van der Waals surface area contributed by atoms with Gasteiger partial charge in [-0.15, -0.1) is 0 Å². The second-order valence-electron chi connectivity index (χ2n) is 5.02. The number of aliphatic hydroxyl groups is 2. The summed E-state index contributed by atoms with van der Waals surface area (Å²) in [5.74, 6) is -11.3. The Morgan fingerprint density at radius 3 is 0.719 bits per heavy atom. The van der Waals surface area contributed by atoms with Crippen molar-refractivity contribution in [2.45, 2.75) is 36.9 Å². The van der Waals surface area contributed by atoms with Crippen LogP contribution in [0.2, 0.25) is 0 Å². The average molecular weight is 546 g/mol. The van der Waals surface area contributed by atoms with Crippen molar-refractivity contribution in [2.24, 2.45) is 0 Å². The summed E-state index contributed by atoms with van der Waals surface area (Å²) in [6.45, 7) is 0. The molecular formula is C12H12O18V2-4. The van der Waals surface area contributed by atoms with Crippen LogP contribution in [0.1, 0.15) is 25.7 Å². The molecule has 0 unspecified atom stereocenters. The monoisotopic (exact) mass is 546 g/mol. The molecule has 0 amide bonds. The van der Waals surface area contributed by atoms with Gasteiger partial charge in [0.2, 0.25) is 0 Å². The molecule has 0 rings (SSSR count). The third-order valence-corrected chi connectivity index (χ3v) is 2.54. The van der Waals surface area contributed by atoms with E-state index in [1.807, 2.05) is 0 Å².